The maximum Gasteiger partial charge on any atom is 0.261 e. The van der Waals surface area contributed by atoms with Crippen LogP contribution in [0, 0.1) is 0 Å². The van der Waals surface area contributed by atoms with Gasteiger partial charge < -0.3 is 21.1 Å². The van der Waals surface area contributed by atoms with Crippen molar-refractivity contribution in [1.29, 1.82) is 0 Å². The summed E-state index contributed by atoms with van der Waals surface area (Å²) in [5.41, 5.74) is 14.4. The lowest BCUT2D eigenvalue weighted by molar-refractivity contribution is 0.0800. The Balaban J connectivity index is 0.000000275. The number of sulfonamides is 2. The summed E-state index contributed by atoms with van der Waals surface area (Å²) in [5, 5.41) is 4.66. The van der Waals surface area contributed by atoms with Crippen molar-refractivity contribution in [3.63, 3.8) is 0 Å². The molecule has 0 spiro atoms. The van der Waals surface area contributed by atoms with E-state index in [0.717, 1.165) is 11.1 Å². The van der Waals surface area contributed by atoms with Crippen molar-refractivity contribution < 1.29 is 31.3 Å². The standard InChI is InChI=1S/C24H28ClN5O3S.C21H21ClN4O3S.C3H9NO/c1-15(2)33-29-22(16-6-11-21(26)27-13-16)23-20(12-18(25)14-28-23)30-34(31,32)19-9-7-17(8-10-19)24(3,4)5;1-21(2,3)14-5-7-16(8-6-14)30(28,29)26-17-10-15(22)12-25-19(17)20(27)13-4-9-18(23)24-11-13;1-3(2)5-4/h6-15,30H,1-5H3,(H2,26,27);4-12,26H,1-3H3,(H2,23,24);3H,4H2,1-2H3/b29-22+;;. The average molecular weight is 1020 g/mol. The molecule has 0 aliphatic rings. The molecule has 0 unspecified atom stereocenters. The molecule has 2 aromatic carbocycles. The van der Waals surface area contributed by atoms with Crippen molar-refractivity contribution in [2.75, 3.05) is 20.9 Å². The lowest BCUT2D eigenvalue weighted by atomic mass is 9.87. The van der Waals surface area contributed by atoms with Crippen LogP contribution in [0.15, 0.2) is 125 Å². The first-order valence-corrected chi connectivity index (χ1v) is 25.0. The predicted octanol–water partition coefficient (Wildman–Crippen LogP) is 9.31. The van der Waals surface area contributed by atoms with E-state index in [9.17, 15) is 21.6 Å². The van der Waals surface area contributed by atoms with Crippen LogP contribution in [0.25, 0.3) is 0 Å². The molecule has 6 aromatic rings. The Labute approximate surface area is 414 Å². The van der Waals surface area contributed by atoms with Gasteiger partial charge in [0.2, 0.25) is 5.78 Å². The van der Waals surface area contributed by atoms with Crippen LogP contribution >= 0.6 is 23.2 Å². The van der Waals surface area contributed by atoms with Gasteiger partial charge in [0, 0.05) is 35.9 Å². The number of benzene rings is 2. The van der Waals surface area contributed by atoms with Crippen LogP contribution < -0.4 is 26.8 Å². The number of carbonyl (C=O) groups is 1. The zero-order valence-corrected chi connectivity index (χ0v) is 43.1. The molecule has 0 aliphatic carbocycles. The molecule has 0 bridgehead atoms. The fraction of sp³-hybridized carbons (Fsp3) is 0.292. The first-order chi connectivity index (χ1) is 32.1. The number of pyridine rings is 4. The Morgan fingerprint density at radius 2 is 0.986 bits per heavy atom. The Bertz CT molecular complexity index is 2950. The number of rotatable bonds is 13. The number of anilines is 4. The molecule has 0 saturated heterocycles. The van der Waals surface area contributed by atoms with E-state index >= 15 is 0 Å². The third kappa shape index (κ3) is 16.2. The molecule has 0 atom stereocenters. The minimum absolute atomic E-state index is 0.0239. The predicted molar refractivity (Wildman–Crippen MR) is 273 cm³/mol. The molecule has 4 heterocycles. The van der Waals surface area contributed by atoms with Gasteiger partial charge in [-0.05, 0) is 110 Å². The van der Waals surface area contributed by atoms with Crippen LogP contribution in [-0.4, -0.2) is 60.5 Å². The Morgan fingerprint density at radius 3 is 1.35 bits per heavy atom. The maximum absolute atomic E-state index is 13.2. The summed E-state index contributed by atoms with van der Waals surface area (Å²) in [6, 6.07) is 22.4. The first kappa shape index (κ1) is 55.4. The minimum Gasteiger partial charge on any atom is -0.393 e. The highest BCUT2D eigenvalue weighted by atomic mass is 35.5. The van der Waals surface area contributed by atoms with Crippen LogP contribution in [0.1, 0.15) is 108 Å². The molecule has 6 rings (SSSR count). The van der Waals surface area contributed by atoms with Gasteiger partial charge in [0.15, 0.2) is 0 Å². The molecule has 0 radical (unpaired) electrons. The van der Waals surface area contributed by atoms with Gasteiger partial charge in [0.1, 0.15) is 34.8 Å². The zero-order chi connectivity index (χ0) is 51.5. The van der Waals surface area contributed by atoms with Gasteiger partial charge in [0.25, 0.3) is 20.0 Å². The monoisotopic (exact) mass is 1020 g/mol. The third-order valence-electron chi connectivity index (χ3n) is 9.43. The van der Waals surface area contributed by atoms with Gasteiger partial charge >= 0.3 is 0 Å². The molecule has 21 heteroatoms. The van der Waals surface area contributed by atoms with Crippen molar-refractivity contribution in [2.24, 2.45) is 11.1 Å². The van der Waals surface area contributed by atoms with Gasteiger partial charge in [-0.25, -0.2) is 37.7 Å². The number of carbonyl (C=O) groups excluding carboxylic acids is 1. The highest BCUT2D eigenvalue weighted by molar-refractivity contribution is 7.93. The fourth-order valence-electron chi connectivity index (χ4n) is 5.69. The molecule has 0 saturated carbocycles. The van der Waals surface area contributed by atoms with Gasteiger partial charge in [-0.3, -0.25) is 19.2 Å². The number of nitrogens with zero attached hydrogens (tertiary/aromatic N) is 5. The van der Waals surface area contributed by atoms with E-state index in [1.54, 1.807) is 48.5 Å². The summed E-state index contributed by atoms with van der Waals surface area (Å²) in [6.07, 6.45) is 5.44. The zero-order valence-electron chi connectivity index (χ0n) is 39.9. The minimum atomic E-state index is -3.97. The number of hydrogen-bond acceptors (Lipinski definition) is 15. The number of nitrogen functional groups attached to an aromatic ring is 2. The molecule has 0 aliphatic heterocycles. The lowest BCUT2D eigenvalue weighted by Gasteiger charge is -2.19. The number of oxime groups is 1. The normalized spacial score (nSPS) is 12.1. The third-order valence-corrected chi connectivity index (χ3v) is 12.6. The van der Waals surface area contributed by atoms with Crippen molar-refractivity contribution in [1.82, 2.24) is 19.9 Å². The van der Waals surface area contributed by atoms with Gasteiger partial charge in [0.05, 0.1) is 37.3 Å². The molecular weight excluding hydrogens is 964 g/mol. The molecule has 368 valence electrons. The number of aromatic nitrogens is 4. The second-order valence-corrected chi connectivity index (χ2v) is 22.1. The molecule has 4 aromatic heterocycles. The van der Waals surface area contributed by atoms with Crippen LogP contribution in [0.5, 0.6) is 0 Å². The van der Waals surface area contributed by atoms with Crippen molar-refractivity contribution in [3.8, 4) is 0 Å². The molecule has 0 fully saturated rings. The molecule has 8 N–H and O–H groups in total. The summed E-state index contributed by atoms with van der Waals surface area (Å²) in [7, 11) is -7.92. The van der Waals surface area contributed by atoms with Crippen LogP contribution in [0.4, 0.5) is 23.0 Å². The second-order valence-electron chi connectivity index (χ2n) is 17.9. The van der Waals surface area contributed by atoms with Crippen molar-refractivity contribution in [3.05, 3.63) is 153 Å². The van der Waals surface area contributed by atoms with Gasteiger partial charge in [-0.15, -0.1) is 0 Å². The summed E-state index contributed by atoms with van der Waals surface area (Å²) < 4.78 is 57.3. The number of ketones is 1. The summed E-state index contributed by atoms with van der Waals surface area (Å²) in [5.74, 6) is 4.75. The summed E-state index contributed by atoms with van der Waals surface area (Å²) >= 11 is 12.2. The topological polar surface area (TPSA) is 270 Å². The molecular formula is C48H58Cl2N10O7S2. The average Bonchev–Trinajstić information content (AvgIpc) is 3.27. The van der Waals surface area contributed by atoms with E-state index in [-0.39, 0.29) is 82.7 Å². The lowest BCUT2D eigenvalue weighted by Crippen LogP contribution is -2.18. The molecule has 69 heavy (non-hydrogen) atoms. The Morgan fingerprint density at radius 1 is 0.594 bits per heavy atom. The van der Waals surface area contributed by atoms with Crippen LogP contribution in [-0.2, 0) is 40.6 Å². The summed E-state index contributed by atoms with van der Waals surface area (Å²) in [4.78, 5) is 39.1. The number of hydrogen-bond donors (Lipinski definition) is 5. The van der Waals surface area contributed by atoms with E-state index in [2.05, 4.69) is 66.0 Å². The van der Waals surface area contributed by atoms with Gasteiger partial charge in [-0.2, -0.15) is 0 Å². The van der Waals surface area contributed by atoms with E-state index in [1.807, 2.05) is 48.5 Å². The maximum atomic E-state index is 13.2. The Hall–Kier alpha value is -6.22. The number of nitrogens with two attached hydrogens (primary N) is 3. The highest BCUT2D eigenvalue weighted by Gasteiger charge is 2.25. The molecule has 0 amide bonds. The van der Waals surface area contributed by atoms with E-state index in [1.165, 1.54) is 61.2 Å². The fourth-order valence-corrected chi connectivity index (χ4v) is 8.12. The van der Waals surface area contributed by atoms with Crippen LogP contribution in [0.2, 0.25) is 10.0 Å². The van der Waals surface area contributed by atoms with Crippen molar-refractivity contribution in [2.45, 2.75) is 102 Å². The van der Waals surface area contributed by atoms with E-state index in [4.69, 9.17) is 39.5 Å². The quantitative estimate of drug-likeness (QED) is 0.0410. The van der Waals surface area contributed by atoms with Crippen molar-refractivity contribution >= 4 is 77.8 Å². The van der Waals surface area contributed by atoms with E-state index < -0.39 is 25.8 Å². The molecule has 17 nitrogen and oxygen atoms in total. The number of halogens is 2. The Kier molecular flexibility index (Phi) is 18.8. The highest BCUT2D eigenvalue weighted by Crippen LogP contribution is 2.29. The van der Waals surface area contributed by atoms with E-state index in [0.29, 0.717) is 11.4 Å². The van der Waals surface area contributed by atoms with Crippen LogP contribution in [0.3, 0.4) is 0 Å². The summed E-state index contributed by atoms with van der Waals surface area (Å²) in [6.45, 7) is 19.7. The number of nitrogens with one attached hydrogen (secondary N) is 2. The first-order valence-electron chi connectivity index (χ1n) is 21.3. The smallest absolute Gasteiger partial charge is 0.261 e. The SMILES string of the molecule is CC(C)(C)c1ccc(S(=O)(=O)Nc2cc(Cl)cnc2C(=O)c2ccc(N)nc2)cc1.CC(C)O/N=C(\c1ccc(N)nc1)c1ncc(Cl)cc1NS(=O)(=O)c1ccc(C(C)(C)C)cc1.CC(C)ON. The van der Waals surface area contributed by atoms with Gasteiger partial charge in [-0.1, -0.05) is 94.2 Å². The second kappa shape index (κ2) is 23.4. The largest absolute Gasteiger partial charge is 0.393 e.